The summed E-state index contributed by atoms with van der Waals surface area (Å²) in [5, 5.41) is 8.77. The van der Waals surface area contributed by atoms with Crippen molar-refractivity contribution in [1.82, 2.24) is 5.48 Å². The molecule has 1 amide bonds. The van der Waals surface area contributed by atoms with Crippen LogP contribution in [-0.4, -0.2) is 42.3 Å². The molecular formula is C26H38FN3O4. The van der Waals surface area contributed by atoms with E-state index < -0.39 is 12.6 Å². The molecule has 1 aromatic rings. The van der Waals surface area contributed by atoms with Crippen LogP contribution in [0.2, 0.25) is 0 Å². The van der Waals surface area contributed by atoms with Gasteiger partial charge in [-0.2, -0.15) is 0 Å². The van der Waals surface area contributed by atoms with E-state index in [-0.39, 0.29) is 36.8 Å². The summed E-state index contributed by atoms with van der Waals surface area (Å²) in [7, 11) is 0. The Morgan fingerprint density at radius 2 is 1.88 bits per heavy atom. The lowest BCUT2D eigenvalue weighted by molar-refractivity contribution is -0.137. The van der Waals surface area contributed by atoms with Crippen LogP contribution >= 0.6 is 0 Å². The van der Waals surface area contributed by atoms with E-state index in [0.717, 1.165) is 24.1 Å². The van der Waals surface area contributed by atoms with Gasteiger partial charge in [0.1, 0.15) is 0 Å². The first-order chi connectivity index (χ1) is 16.4. The number of alkyl halides is 1. The van der Waals surface area contributed by atoms with E-state index in [4.69, 9.17) is 9.94 Å². The number of rotatable bonds is 12. The molecule has 2 N–H and O–H groups in total. The number of amidine groups is 1. The van der Waals surface area contributed by atoms with Gasteiger partial charge < -0.3 is 10.0 Å². The minimum absolute atomic E-state index is 0.0939. The fourth-order valence-electron chi connectivity index (χ4n) is 3.45. The number of halogens is 1. The number of carbonyl (C=O) groups is 2. The van der Waals surface area contributed by atoms with Gasteiger partial charge in [-0.15, -0.1) is 26.3 Å². The number of aliphatic carboxylic acids is 1. The average Bonchev–Trinajstić information content (AvgIpc) is 3.40. The second kappa shape index (κ2) is 15.0. The minimum Gasteiger partial charge on any atom is -0.481 e. The summed E-state index contributed by atoms with van der Waals surface area (Å²) in [6, 6.07) is 7.51. The highest BCUT2D eigenvalue weighted by molar-refractivity contribution is 6.01. The molecule has 1 aromatic carbocycles. The molecule has 1 atom stereocenters. The highest BCUT2D eigenvalue weighted by Gasteiger charge is 2.48. The minimum atomic E-state index is -0.816. The summed E-state index contributed by atoms with van der Waals surface area (Å²) >= 11 is 0. The maximum Gasteiger partial charge on any atom is 0.303 e. The number of amides is 1. The molecule has 0 bridgehead atoms. The van der Waals surface area contributed by atoms with E-state index in [1.54, 1.807) is 4.90 Å². The lowest BCUT2D eigenvalue weighted by Gasteiger charge is -2.23. The molecule has 34 heavy (non-hydrogen) atoms. The quantitative estimate of drug-likeness (QED) is 0.311. The van der Waals surface area contributed by atoms with Gasteiger partial charge in [0.2, 0.25) is 5.91 Å². The summed E-state index contributed by atoms with van der Waals surface area (Å²) in [6.07, 6.45) is 4.39. The first kappa shape index (κ1) is 29.0. The van der Waals surface area contributed by atoms with Crippen LogP contribution in [0, 0.1) is 5.41 Å². The smallest absolute Gasteiger partial charge is 0.303 e. The van der Waals surface area contributed by atoms with Crippen molar-refractivity contribution in [2.75, 3.05) is 18.1 Å². The van der Waals surface area contributed by atoms with Crippen molar-refractivity contribution in [1.29, 1.82) is 0 Å². The number of aliphatic imine (C=N–C) groups is 1. The zero-order valence-corrected chi connectivity index (χ0v) is 20.2. The molecule has 3 rings (SSSR count). The standard InChI is InChI=1S/C22H30FN3O4.2C2H4/c1-22(11-12-22)21-24-20(25-30-21)16-7-5-8-17(15-16)26(18(27)9-6-13-23)14-4-2-3-10-19(28)29;2*1-2/h5,7-8,15,21H,2-4,6,9-14H2,1H3,(H,24,25)(H,28,29);2*1-2H2. The van der Waals surface area contributed by atoms with Gasteiger partial charge in [-0.3, -0.25) is 14.0 Å². The number of hydrogen-bond donors (Lipinski definition) is 2. The zero-order valence-electron chi connectivity index (χ0n) is 20.2. The SMILES string of the molecule is C=C.C=C.CC1(C2N=C(c3cccc(N(CCCCCC(=O)O)C(=O)CCCF)c3)NO2)CC1. The summed E-state index contributed by atoms with van der Waals surface area (Å²) < 4.78 is 12.6. The summed E-state index contributed by atoms with van der Waals surface area (Å²) in [4.78, 5) is 35.3. The molecule has 8 heteroatoms. The molecule has 7 nitrogen and oxygen atoms in total. The Balaban J connectivity index is 0.00000137. The normalized spacial score (nSPS) is 17.1. The van der Waals surface area contributed by atoms with Gasteiger partial charge in [0.25, 0.3) is 0 Å². The Morgan fingerprint density at radius 1 is 1.18 bits per heavy atom. The van der Waals surface area contributed by atoms with Gasteiger partial charge >= 0.3 is 5.97 Å². The van der Waals surface area contributed by atoms with Crippen LogP contribution in [0.25, 0.3) is 0 Å². The van der Waals surface area contributed by atoms with Crippen molar-refractivity contribution >= 4 is 23.4 Å². The van der Waals surface area contributed by atoms with Crippen molar-refractivity contribution in [3.63, 3.8) is 0 Å². The number of carbonyl (C=O) groups excluding carboxylic acids is 1. The van der Waals surface area contributed by atoms with Gasteiger partial charge in [-0.05, 0) is 44.2 Å². The molecule has 1 fully saturated rings. The van der Waals surface area contributed by atoms with E-state index in [9.17, 15) is 14.0 Å². The molecule has 0 saturated heterocycles. The van der Waals surface area contributed by atoms with Gasteiger partial charge in [-0.1, -0.05) is 25.5 Å². The van der Waals surface area contributed by atoms with Crippen molar-refractivity contribution in [2.45, 2.75) is 64.5 Å². The van der Waals surface area contributed by atoms with E-state index in [2.05, 4.69) is 43.7 Å². The maximum atomic E-state index is 12.7. The van der Waals surface area contributed by atoms with Crippen molar-refractivity contribution in [3.8, 4) is 0 Å². The van der Waals surface area contributed by atoms with Crippen LogP contribution in [-0.2, 0) is 14.4 Å². The third-order valence-corrected chi connectivity index (χ3v) is 5.68. The first-order valence-corrected chi connectivity index (χ1v) is 11.6. The monoisotopic (exact) mass is 475 g/mol. The number of nitrogens with zero attached hydrogens (tertiary/aromatic N) is 2. The summed E-state index contributed by atoms with van der Waals surface area (Å²) in [5.41, 5.74) is 4.55. The van der Waals surface area contributed by atoms with E-state index in [1.807, 2.05) is 24.3 Å². The average molecular weight is 476 g/mol. The van der Waals surface area contributed by atoms with Crippen LogP contribution in [0.15, 0.2) is 55.6 Å². The molecule has 0 aromatic heterocycles. The van der Waals surface area contributed by atoms with E-state index >= 15 is 0 Å². The van der Waals surface area contributed by atoms with Crippen LogP contribution in [0.4, 0.5) is 10.1 Å². The third-order valence-electron chi connectivity index (χ3n) is 5.68. The maximum absolute atomic E-state index is 12.7. The molecule has 1 saturated carbocycles. The number of anilines is 1. The molecule has 1 unspecified atom stereocenters. The zero-order chi connectivity index (χ0) is 25.6. The lowest BCUT2D eigenvalue weighted by Crippen LogP contribution is -2.32. The number of hydroxylamine groups is 1. The molecule has 1 aliphatic carbocycles. The summed E-state index contributed by atoms with van der Waals surface area (Å²) in [5.74, 6) is -0.305. The second-order valence-electron chi connectivity index (χ2n) is 8.30. The number of unbranched alkanes of at least 4 members (excludes halogenated alkanes) is 2. The molecule has 0 radical (unpaired) electrons. The van der Waals surface area contributed by atoms with Gasteiger partial charge in [-0.25, -0.2) is 15.3 Å². The topological polar surface area (TPSA) is 91.2 Å². The van der Waals surface area contributed by atoms with E-state index in [1.165, 1.54) is 0 Å². The molecule has 1 aliphatic heterocycles. The molecule has 2 aliphatic rings. The van der Waals surface area contributed by atoms with Crippen LogP contribution in [0.1, 0.15) is 63.9 Å². The van der Waals surface area contributed by atoms with Crippen molar-refractivity contribution < 1.29 is 23.9 Å². The van der Waals surface area contributed by atoms with Crippen molar-refractivity contribution in [3.05, 3.63) is 56.1 Å². The van der Waals surface area contributed by atoms with Crippen LogP contribution in [0.5, 0.6) is 0 Å². The number of nitrogens with one attached hydrogen (secondary N) is 1. The Bertz CT molecular complexity index is 824. The largest absolute Gasteiger partial charge is 0.481 e. The third kappa shape index (κ3) is 8.74. The van der Waals surface area contributed by atoms with Gasteiger partial charge in [0, 0.05) is 36.1 Å². The lowest BCUT2D eigenvalue weighted by atomic mass is 10.1. The van der Waals surface area contributed by atoms with E-state index in [0.29, 0.717) is 31.6 Å². The Labute approximate surface area is 202 Å². The van der Waals surface area contributed by atoms with Gasteiger partial charge in [0.15, 0.2) is 12.1 Å². The highest BCUT2D eigenvalue weighted by Crippen LogP contribution is 2.50. The highest BCUT2D eigenvalue weighted by atomic mass is 19.1. The molecular weight excluding hydrogens is 437 g/mol. The fourth-order valence-corrected chi connectivity index (χ4v) is 3.45. The fraction of sp³-hybridized carbons (Fsp3) is 0.500. The second-order valence-corrected chi connectivity index (χ2v) is 8.30. The Morgan fingerprint density at radius 3 is 2.50 bits per heavy atom. The predicted octanol–water partition coefficient (Wildman–Crippen LogP) is 5.43. The predicted molar refractivity (Wildman–Crippen MR) is 135 cm³/mol. The number of hydrogen-bond acceptors (Lipinski definition) is 5. The number of carboxylic acids is 1. The Kier molecular flexibility index (Phi) is 12.8. The molecule has 188 valence electrons. The summed E-state index contributed by atoms with van der Waals surface area (Å²) in [6.45, 7) is 14.1. The number of benzene rings is 1. The van der Waals surface area contributed by atoms with Crippen LogP contribution < -0.4 is 10.4 Å². The van der Waals surface area contributed by atoms with Crippen molar-refractivity contribution in [2.24, 2.45) is 10.4 Å². The first-order valence-electron chi connectivity index (χ1n) is 11.6. The number of carboxylic acid groups (broad SMARTS) is 1. The Hall–Kier alpha value is -3.00. The van der Waals surface area contributed by atoms with Crippen LogP contribution in [0.3, 0.4) is 0 Å². The molecule has 1 heterocycles. The molecule has 0 spiro atoms. The van der Waals surface area contributed by atoms with Gasteiger partial charge in [0.05, 0.1) is 6.67 Å².